The molecule has 1 saturated heterocycles. The third-order valence-corrected chi connectivity index (χ3v) is 3.99. The summed E-state index contributed by atoms with van der Waals surface area (Å²) >= 11 is 0. The number of hydrogen-bond acceptors (Lipinski definition) is 2. The van der Waals surface area contributed by atoms with E-state index in [0.29, 0.717) is 18.1 Å². The Hall–Kier alpha value is -0.860. The molecule has 3 atom stereocenters. The quantitative estimate of drug-likeness (QED) is 0.755. The van der Waals surface area contributed by atoms with Gasteiger partial charge in [-0.3, -0.25) is 4.90 Å². The molecule has 3 unspecified atom stereocenters. The summed E-state index contributed by atoms with van der Waals surface area (Å²) in [4.78, 5) is 2.46. The normalized spacial score (nSPS) is 32.8. The highest BCUT2D eigenvalue weighted by molar-refractivity contribution is 5.39. The minimum Gasteiger partial charge on any atom is -0.376 e. The number of likely N-dealkylation sites (N-methyl/N-ethyl adjacent to an activating group) is 1. The fourth-order valence-corrected chi connectivity index (χ4v) is 3.42. The standard InChI is InChI=1S/C14H19NO/c1-3-16-13-8-10-9-15(2)14(13)12-7-5-4-6-11(10)12/h4-7,10,13-14H,3,8-9H2,1-2H3. The summed E-state index contributed by atoms with van der Waals surface area (Å²) in [6.07, 6.45) is 1.59. The molecule has 0 N–H and O–H groups in total. The number of nitrogens with zero attached hydrogens (tertiary/aromatic N) is 1. The van der Waals surface area contributed by atoms with Crippen molar-refractivity contribution < 1.29 is 4.74 Å². The predicted octanol–water partition coefficient (Wildman–Crippen LogP) is 2.57. The van der Waals surface area contributed by atoms with Crippen LogP contribution in [0.2, 0.25) is 0 Å². The van der Waals surface area contributed by atoms with Gasteiger partial charge in [-0.05, 0) is 37.4 Å². The highest BCUT2D eigenvalue weighted by Gasteiger charge is 2.42. The van der Waals surface area contributed by atoms with Crippen LogP contribution in [0.15, 0.2) is 24.3 Å². The summed E-state index contributed by atoms with van der Waals surface area (Å²) in [5, 5.41) is 0. The number of fused-ring (bicyclic) bond motifs is 2. The van der Waals surface area contributed by atoms with E-state index in [2.05, 4.69) is 43.1 Å². The first-order valence-electron chi connectivity index (χ1n) is 6.22. The van der Waals surface area contributed by atoms with E-state index >= 15 is 0 Å². The lowest BCUT2D eigenvalue weighted by molar-refractivity contribution is -0.0479. The molecule has 4 rings (SSSR count). The Labute approximate surface area is 97.2 Å². The van der Waals surface area contributed by atoms with Gasteiger partial charge in [0, 0.05) is 13.2 Å². The Bertz CT molecular complexity index is 390. The molecule has 1 aromatic carbocycles. The van der Waals surface area contributed by atoms with Crippen molar-refractivity contribution in [2.45, 2.75) is 31.4 Å². The molecule has 2 heteroatoms. The SMILES string of the molecule is CCOC1CC2CN(C)C1c1ccccc12. The molecule has 1 aliphatic carbocycles. The van der Waals surface area contributed by atoms with E-state index in [-0.39, 0.29) is 0 Å². The fourth-order valence-electron chi connectivity index (χ4n) is 3.42. The van der Waals surface area contributed by atoms with Gasteiger partial charge in [0.1, 0.15) is 0 Å². The molecule has 0 aromatic heterocycles. The van der Waals surface area contributed by atoms with E-state index in [1.807, 2.05) is 0 Å². The average molecular weight is 217 g/mol. The lowest BCUT2D eigenvalue weighted by Gasteiger charge is -2.49. The maximum absolute atomic E-state index is 5.90. The third-order valence-electron chi connectivity index (χ3n) is 3.99. The molecule has 86 valence electrons. The lowest BCUT2D eigenvalue weighted by Crippen LogP contribution is -2.48. The molecule has 3 aliphatic rings. The topological polar surface area (TPSA) is 12.5 Å². The lowest BCUT2D eigenvalue weighted by atomic mass is 9.73. The molecule has 2 bridgehead atoms. The zero-order valence-corrected chi connectivity index (χ0v) is 10.0. The van der Waals surface area contributed by atoms with Gasteiger partial charge in [-0.1, -0.05) is 24.3 Å². The molecule has 2 heterocycles. The summed E-state index contributed by atoms with van der Waals surface area (Å²) in [6.45, 7) is 4.10. The molecular formula is C14H19NO. The monoisotopic (exact) mass is 217 g/mol. The van der Waals surface area contributed by atoms with Crippen LogP contribution in [-0.2, 0) is 4.74 Å². The van der Waals surface area contributed by atoms with Gasteiger partial charge in [0.2, 0.25) is 0 Å². The molecule has 2 nitrogen and oxygen atoms in total. The number of piperidine rings is 1. The summed E-state index contributed by atoms with van der Waals surface area (Å²) in [5.74, 6) is 0.669. The second-order valence-corrected chi connectivity index (χ2v) is 4.94. The summed E-state index contributed by atoms with van der Waals surface area (Å²) in [6, 6.07) is 9.35. The number of rotatable bonds is 2. The Balaban J connectivity index is 2.02. The Kier molecular flexibility index (Phi) is 2.49. The van der Waals surface area contributed by atoms with Crippen molar-refractivity contribution >= 4 is 0 Å². The van der Waals surface area contributed by atoms with E-state index in [4.69, 9.17) is 4.74 Å². The van der Waals surface area contributed by atoms with Crippen LogP contribution < -0.4 is 0 Å². The van der Waals surface area contributed by atoms with Crippen LogP contribution in [-0.4, -0.2) is 31.2 Å². The zero-order chi connectivity index (χ0) is 11.1. The highest BCUT2D eigenvalue weighted by atomic mass is 16.5. The molecule has 1 aromatic rings. The molecular weight excluding hydrogens is 198 g/mol. The highest BCUT2D eigenvalue weighted by Crippen LogP contribution is 2.46. The molecule has 1 fully saturated rings. The van der Waals surface area contributed by atoms with Crippen LogP contribution in [0.1, 0.15) is 36.4 Å². The maximum atomic E-state index is 5.90. The minimum absolute atomic E-state index is 0.392. The molecule has 2 aliphatic heterocycles. The number of ether oxygens (including phenoxy) is 1. The predicted molar refractivity (Wildman–Crippen MR) is 64.6 cm³/mol. The maximum Gasteiger partial charge on any atom is 0.0778 e. The first-order valence-corrected chi connectivity index (χ1v) is 6.22. The van der Waals surface area contributed by atoms with Crippen molar-refractivity contribution in [2.75, 3.05) is 20.2 Å². The van der Waals surface area contributed by atoms with Crippen LogP contribution in [0.3, 0.4) is 0 Å². The van der Waals surface area contributed by atoms with Crippen LogP contribution in [0.5, 0.6) is 0 Å². The Morgan fingerprint density at radius 3 is 2.81 bits per heavy atom. The van der Waals surface area contributed by atoms with Gasteiger partial charge in [0.25, 0.3) is 0 Å². The van der Waals surface area contributed by atoms with Gasteiger partial charge < -0.3 is 4.74 Å². The summed E-state index contributed by atoms with van der Waals surface area (Å²) in [5.41, 5.74) is 3.05. The zero-order valence-electron chi connectivity index (χ0n) is 10.0. The van der Waals surface area contributed by atoms with Gasteiger partial charge in [-0.25, -0.2) is 0 Å². The summed E-state index contributed by atoms with van der Waals surface area (Å²) in [7, 11) is 2.22. The second-order valence-electron chi connectivity index (χ2n) is 4.94. The third kappa shape index (κ3) is 1.40. The van der Waals surface area contributed by atoms with Crippen molar-refractivity contribution in [3.63, 3.8) is 0 Å². The van der Waals surface area contributed by atoms with Crippen molar-refractivity contribution in [1.82, 2.24) is 4.90 Å². The van der Waals surface area contributed by atoms with E-state index < -0.39 is 0 Å². The second kappa shape index (κ2) is 3.86. The Morgan fingerprint density at radius 2 is 2.06 bits per heavy atom. The van der Waals surface area contributed by atoms with Crippen LogP contribution in [0, 0.1) is 0 Å². The van der Waals surface area contributed by atoms with Gasteiger partial charge in [0.15, 0.2) is 0 Å². The van der Waals surface area contributed by atoms with E-state index in [9.17, 15) is 0 Å². The van der Waals surface area contributed by atoms with Crippen molar-refractivity contribution in [3.05, 3.63) is 35.4 Å². The molecule has 0 saturated carbocycles. The molecule has 0 spiro atoms. The minimum atomic E-state index is 0.392. The van der Waals surface area contributed by atoms with Gasteiger partial charge in [-0.2, -0.15) is 0 Å². The smallest absolute Gasteiger partial charge is 0.0778 e. The van der Waals surface area contributed by atoms with Crippen LogP contribution >= 0.6 is 0 Å². The van der Waals surface area contributed by atoms with E-state index in [1.165, 1.54) is 18.5 Å². The number of benzene rings is 1. The molecule has 0 amide bonds. The van der Waals surface area contributed by atoms with Crippen LogP contribution in [0.25, 0.3) is 0 Å². The van der Waals surface area contributed by atoms with Gasteiger partial charge in [-0.15, -0.1) is 0 Å². The van der Waals surface area contributed by atoms with Crippen molar-refractivity contribution in [1.29, 1.82) is 0 Å². The fraction of sp³-hybridized carbons (Fsp3) is 0.571. The van der Waals surface area contributed by atoms with E-state index in [0.717, 1.165) is 6.61 Å². The van der Waals surface area contributed by atoms with Gasteiger partial charge >= 0.3 is 0 Å². The molecule has 0 radical (unpaired) electrons. The largest absolute Gasteiger partial charge is 0.376 e. The van der Waals surface area contributed by atoms with Crippen molar-refractivity contribution in [2.24, 2.45) is 0 Å². The Morgan fingerprint density at radius 1 is 1.31 bits per heavy atom. The number of hydrogen-bond donors (Lipinski definition) is 0. The summed E-state index contributed by atoms with van der Waals surface area (Å²) < 4.78 is 5.90. The first kappa shape index (κ1) is 10.3. The van der Waals surface area contributed by atoms with Gasteiger partial charge in [0.05, 0.1) is 12.1 Å². The van der Waals surface area contributed by atoms with Crippen LogP contribution in [0.4, 0.5) is 0 Å². The first-order chi connectivity index (χ1) is 7.81. The molecule has 16 heavy (non-hydrogen) atoms. The average Bonchev–Trinajstić information content (AvgIpc) is 2.29. The van der Waals surface area contributed by atoms with Crippen molar-refractivity contribution in [3.8, 4) is 0 Å². The van der Waals surface area contributed by atoms with E-state index in [1.54, 1.807) is 5.56 Å².